The van der Waals surface area contributed by atoms with E-state index >= 15 is 0 Å². The van der Waals surface area contributed by atoms with Gasteiger partial charge in [-0.1, -0.05) is 11.3 Å². The van der Waals surface area contributed by atoms with Gasteiger partial charge >= 0.3 is 5.97 Å². The molecular formula is C8H7BrN2O2S. The third kappa shape index (κ3) is 1.55. The van der Waals surface area contributed by atoms with Gasteiger partial charge in [0.1, 0.15) is 0 Å². The first-order chi connectivity index (χ1) is 6.72. The van der Waals surface area contributed by atoms with Gasteiger partial charge in [-0.3, -0.25) is 4.40 Å². The van der Waals surface area contributed by atoms with E-state index in [-0.39, 0.29) is 5.97 Å². The van der Waals surface area contributed by atoms with Crippen molar-refractivity contribution in [3.8, 4) is 0 Å². The normalized spacial score (nSPS) is 10.7. The summed E-state index contributed by atoms with van der Waals surface area (Å²) in [5.74, 6) is -0.342. The molecule has 2 heterocycles. The number of hydrogen-bond acceptors (Lipinski definition) is 4. The quantitative estimate of drug-likeness (QED) is 0.790. The van der Waals surface area contributed by atoms with E-state index in [2.05, 4.69) is 20.9 Å². The van der Waals surface area contributed by atoms with Crippen molar-refractivity contribution in [2.75, 3.05) is 6.61 Å². The molecule has 2 aromatic heterocycles. The van der Waals surface area contributed by atoms with Crippen LogP contribution in [0.2, 0.25) is 0 Å². The third-order valence-electron chi connectivity index (χ3n) is 1.67. The molecule has 0 aliphatic heterocycles. The van der Waals surface area contributed by atoms with Gasteiger partial charge < -0.3 is 4.74 Å². The molecule has 0 atom stereocenters. The van der Waals surface area contributed by atoms with E-state index in [4.69, 9.17) is 4.74 Å². The zero-order chi connectivity index (χ0) is 10.1. The van der Waals surface area contributed by atoms with Crippen molar-refractivity contribution in [3.05, 3.63) is 21.9 Å². The van der Waals surface area contributed by atoms with Gasteiger partial charge in [0, 0.05) is 6.20 Å². The maximum absolute atomic E-state index is 11.4. The number of nitrogens with zero attached hydrogens (tertiary/aromatic N) is 2. The Balaban J connectivity index is 2.46. The molecule has 0 saturated heterocycles. The number of hydrogen-bond donors (Lipinski definition) is 0. The predicted octanol–water partition coefficient (Wildman–Crippen LogP) is 2.33. The second-order valence-corrected chi connectivity index (χ2v) is 4.94. The van der Waals surface area contributed by atoms with Gasteiger partial charge in [-0.25, -0.2) is 9.78 Å². The molecule has 0 N–H and O–H groups in total. The number of aromatic nitrogens is 2. The highest BCUT2D eigenvalue weighted by Gasteiger charge is 2.14. The van der Waals surface area contributed by atoms with E-state index in [0.29, 0.717) is 12.3 Å². The fraction of sp³-hybridized carbons (Fsp3) is 0.250. The van der Waals surface area contributed by atoms with Crippen molar-refractivity contribution in [2.24, 2.45) is 0 Å². The summed E-state index contributed by atoms with van der Waals surface area (Å²) in [5.41, 5.74) is 0.462. The Hall–Kier alpha value is -0.880. The number of halogens is 1. The predicted molar refractivity (Wildman–Crippen MR) is 56.7 cm³/mol. The highest BCUT2D eigenvalue weighted by molar-refractivity contribution is 9.11. The van der Waals surface area contributed by atoms with Gasteiger partial charge in [-0.15, -0.1) is 0 Å². The van der Waals surface area contributed by atoms with E-state index in [9.17, 15) is 4.79 Å². The number of ether oxygens (including phenoxy) is 1. The monoisotopic (exact) mass is 274 g/mol. The van der Waals surface area contributed by atoms with Crippen LogP contribution in [0.4, 0.5) is 0 Å². The summed E-state index contributed by atoms with van der Waals surface area (Å²) >= 11 is 4.80. The Morgan fingerprint density at radius 1 is 1.79 bits per heavy atom. The zero-order valence-electron chi connectivity index (χ0n) is 7.36. The van der Waals surface area contributed by atoms with E-state index in [1.807, 2.05) is 0 Å². The van der Waals surface area contributed by atoms with Gasteiger partial charge in [0.2, 0.25) is 0 Å². The maximum atomic E-state index is 11.4. The summed E-state index contributed by atoms with van der Waals surface area (Å²) in [4.78, 5) is 16.3. The highest BCUT2D eigenvalue weighted by atomic mass is 79.9. The summed E-state index contributed by atoms with van der Waals surface area (Å²) in [6.45, 7) is 2.15. The number of rotatable bonds is 2. The van der Waals surface area contributed by atoms with Crippen molar-refractivity contribution >= 4 is 38.2 Å². The van der Waals surface area contributed by atoms with Crippen LogP contribution < -0.4 is 0 Å². The Kier molecular flexibility index (Phi) is 2.56. The van der Waals surface area contributed by atoms with Gasteiger partial charge in [-0.2, -0.15) is 0 Å². The van der Waals surface area contributed by atoms with Crippen LogP contribution >= 0.6 is 27.3 Å². The molecule has 6 heteroatoms. The van der Waals surface area contributed by atoms with E-state index in [1.54, 1.807) is 17.5 Å². The van der Waals surface area contributed by atoms with Crippen LogP contribution in [-0.2, 0) is 4.74 Å². The van der Waals surface area contributed by atoms with Crippen molar-refractivity contribution in [1.82, 2.24) is 9.38 Å². The van der Waals surface area contributed by atoms with Crippen LogP contribution in [0, 0.1) is 0 Å². The first kappa shape index (κ1) is 9.67. The first-order valence-electron chi connectivity index (χ1n) is 4.02. The molecule has 2 rings (SSSR count). The van der Waals surface area contributed by atoms with Crippen LogP contribution in [0.3, 0.4) is 0 Å². The molecule has 0 fully saturated rings. The van der Waals surface area contributed by atoms with Crippen LogP contribution in [-0.4, -0.2) is 22.0 Å². The lowest BCUT2D eigenvalue weighted by Gasteiger charge is -1.98. The largest absolute Gasteiger partial charge is 0.461 e. The van der Waals surface area contributed by atoms with Crippen molar-refractivity contribution in [1.29, 1.82) is 0 Å². The summed E-state index contributed by atoms with van der Waals surface area (Å²) < 4.78 is 7.54. The fourth-order valence-corrected chi connectivity index (χ4v) is 2.44. The Bertz CT molecular complexity index is 477. The lowest BCUT2D eigenvalue weighted by molar-refractivity contribution is 0.0518. The third-order valence-corrected chi connectivity index (χ3v) is 3.14. The summed E-state index contributed by atoms with van der Waals surface area (Å²) in [7, 11) is 0. The second kappa shape index (κ2) is 3.70. The Morgan fingerprint density at radius 2 is 2.57 bits per heavy atom. The van der Waals surface area contributed by atoms with Gasteiger partial charge in [0.15, 0.2) is 10.7 Å². The molecule has 0 radical (unpaired) electrons. The van der Waals surface area contributed by atoms with Gasteiger partial charge in [-0.05, 0) is 22.9 Å². The molecule has 0 unspecified atom stereocenters. The minimum atomic E-state index is -0.342. The smallest absolute Gasteiger partial charge is 0.356 e. The van der Waals surface area contributed by atoms with E-state index < -0.39 is 0 Å². The number of thiazole rings is 1. The Labute approximate surface area is 92.6 Å². The Morgan fingerprint density at radius 3 is 3.29 bits per heavy atom. The minimum absolute atomic E-state index is 0.342. The van der Waals surface area contributed by atoms with Gasteiger partial charge in [0.05, 0.1) is 16.6 Å². The molecule has 0 aliphatic carbocycles. The molecule has 2 aromatic rings. The van der Waals surface area contributed by atoms with E-state index in [1.165, 1.54) is 17.5 Å². The van der Waals surface area contributed by atoms with Crippen molar-refractivity contribution < 1.29 is 9.53 Å². The minimum Gasteiger partial charge on any atom is -0.461 e. The molecule has 4 nitrogen and oxygen atoms in total. The van der Waals surface area contributed by atoms with Crippen LogP contribution in [0.1, 0.15) is 17.4 Å². The standard InChI is InChI=1S/C8H7BrN2O2S/c1-2-13-7(12)5-3-10-8-11(5)4-6(9)14-8/h3-4H,2H2,1H3. The molecule has 0 aromatic carbocycles. The molecular weight excluding hydrogens is 268 g/mol. The molecule has 14 heavy (non-hydrogen) atoms. The SMILES string of the molecule is CCOC(=O)c1cnc2sc(Br)cn12. The van der Waals surface area contributed by atoms with Crippen LogP contribution in [0.25, 0.3) is 4.96 Å². The molecule has 0 spiro atoms. The highest BCUT2D eigenvalue weighted by Crippen LogP contribution is 2.23. The average Bonchev–Trinajstić information content (AvgIpc) is 2.62. The fourth-order valence-electron chi connectivity index (χ4n) is 1.12. The summed E-state index contributed by atoms with van der Waals surface area (Å²) in [6, 6.07) is 0. The van der Waals surface area contributed by atoms with Crippen molar-refractivity contribution in [2.45, 2.75) is 6.92 Å². The molecule has 0 bridgehead atoms. The zero-order valence-corrected chi connectivity index (χ0v) is 9.76. The number of imidazole rings is 1. The van der Waals surface area contributed by atoms with Crippen LogP contribution in [0.15, 0.2) is 16.2 Å². The first-order valence-corrected chi connectivity index (χ1v) is 5.63. The lowest BCUT2D eigenvalue weighted by atomic mass is 10.5. The number of carbonyl (C=O) groups is 1. The summed E-state index contributed by atoms with van der Waals surface area (Å²) in [5, 5.41) is 0. The lowest BCUT2D eigenvalue weighted by Crippen LogP contribution is -2.06. The number of esters is 1. The molecule has 0 amide bonds. The number of carbonyl (C=O) groups excluding carboxylic acids is 1. The molecule has 74 valence electrons. The topological polar surface area (TPSA) is 43.6 Å². The average molecular weight is 275 g/mol. The van der Waals surface area contributed by atoms with Crippen LogP contribution in [0.5, 0.6) is 0 Å². The molecule has 0 saturated carbocycles. The van der Waals surface area contributed by atoms with Crippen molar-refractivity contribution in [3.63, 3.8) is 0 Å². The second-order valence-electron chi connectivity index (χ2n) is 2.55. The number of fused-ring (bicyclic) bond motifs is 1. The summed E-state index contributed by atoms with van der Waals surface area (Å²) in [6.07, 6.45) is 3.33. The van der Waals surface area contributed by atoms with Gasteiger partial charge in [0.25, 0.3) is 0 Å². The molecule has 0 aliphatic rings. The van der Waals surface area contributed by atoms with E-state index in [0.717, 1.165) is 8.75 Å². The maximum Gasteiger partial charge on any atom is 0.356 e.